The highest BCUT2D eigenvalue weighted by atomic mass is 16.1. The average Bonchev–Trinajstić information content (AvgIpc) is 2.38. The third-order valence-corrected chi connectivity index (χ3v) is 3.28. The van der Waals surface area contributed by atoms with Crippen LogP contribution in [0.4, 0.5) is 5.69 Å². The Kier molecular flexibility index (Phi) is 3.70. The van der Waals surface area contributed by atoms with Gasteiger partial charge in [-0.1, -0.05) is 29.8 Å². The molecule has 0 radical (unpaired) electrons. The van der Waals surface area contributed by atoms with Crippen LogP contribution in [0, 0.1) is 13.8 Å². The smallest absolute Gasteiger partial charge is 0.193 e. The maximum absolute atomic E-state index is 12.4. The molecule has 0 saturated carbocycles. The van der Waals surface area contributed by atoms with Crippen LogP contribution in [0.1, 0.15) is 27.0 Å². The summed E-state index contributed by atoms with van der Waals surface area (Å²) in [6.45, 7) is 4.00. The van der Waals surface area contributed by atoms with Gasteiger partial charge in [0, 0.05) is 30.9 Å². The normalized spacial score (nSPS) is 10.3. The number of hydrogen-bond donors (Lipinski definition) is 0. The second-order valence-corrected chi connectivity index (χ2v) is 5.09. The molecule has 0 N–H and O–H groups in total. The minimum absolute atomic E-state index is 0.0859. The molecule has 0 bridgehead atoms. The van der Waals surface area contributed by atoms with E-state index in [9.17, 15) is 4.79 Å². The highest BCUT2D eigenvalue weighted by molar-refractivity contribution is 6.10. The molecule has 0 spiro atoms. The summed E-state index contributed by atoms with van der Waals surface area (Å²) in [4.78, 5) is 14.5. The third-order valence-electron chi connectivity index (χ3n) is 3.28. The molecule has 0 atom stereocenters. The second kappa shape index (κ2) is 5.27. The van der Waals surface area contributed by atoms with Gasteiger partial charge in [-0.25, -0.2) is 0 Å². The fourth-order valence-corrected chi connectivity index (χ4v) is 2.04. The van der Waals surface area contributed by atoms with Crippen molar-refractivity contribution in [3.8, 4) is 0 Å². The van der Waals surface area contributed by atoms with Crippen molar-refractivity contribution < 1.29 is 4.79 Å². The van der Waals surface area contributed by atoms with E-state index < -0.39 is 0 Å². The van der Waals surface area contributed by atoms with Crippen molar-refractivity contribution in [1.29, 1.82) is 0 Å². The fourth-order valence-electron chi connectivity index (χ4n) is 2.04. The molecule has 2 nitrogen and oxygen atoms in total. The summed E-state index contributed by atoms with van der Waals surface area (Å²) in [6.07, 6.45) is 0. The zero-order chi connectivity index (χ0) is 14.0. The monoisotopic (exact) mass is 253 g/mol. The van der Waals surface area contributed by atoms with Crippen LogP contribution in [-0.4, -0.2) is 19.9 Å². The molecule has 0 aromatic heterocycles. The van der Waals surface area contributed by atoms with Crippen LogP contribution < -0.4 is 4.90 Å². The first-order chi connectivity index (χ1) is 8.99. The van der Waals surface area contributed by atoms with Crippen LogP contribution in [0.15, 0.2) is 42.5 Å². The summed E-state index contributed by atoms with van der Waals surface area (Å²) >= 11 is 0. The lowest BCUT2D eigenvalue weighted by molar-refractivity contribution is 0.103. The number of hydrogen-bond acceptors (Lipinski definition) is 2. The van der Waals surface area contributed by atoms with Gasteiger partial charge in [0.25, 0.3) is 0 Å². The molecule has 2 rings (SSSR count). The van der Waals surface area contributed by atoms with Crippen molar-refractivity contribution in [2.24, 2.45) is 0 Å². The molecule has 2 heteroatoms. The van der Waals surface area contributed by atoms with E-state index in [0.717, 1.165) is 27.9 Å². The lowest BCUT2D eigenvalue weighted by Crippen LogP contribution is -2.10. The van der Waals surface area contributed by atoms with Crippen LogP contribution in [0.3, 0.4) is 0 Å². The Balaban J connectivity index is 2.36. The molecule has 0 unspecified atom stereocenters. The van der Waals surface area contributed by atoms with Crippen molar-refractivity contribution in [3.63, 3.8) is 0 Å². The zero-order valence-electron chi connectivity index (χ0n) is 11.9. The standard InChI is InChI=1S/C17H19NO/c1-12-5-7-14(8-6-12)17(19)16-10-9-15(18(3)4)11-13(16)2/h5-11H,1-4H3. The van der Waals surface area contributed by atoms with Gasteiger partial charge in [0.15, 0.2) is 5.78 Å². The molecule has 0 aliphatic carbocycles. The molecule has 2 aromatic rings. The first-order valence-electron chi connectivity index (χ1n) is 6.38. The van der Waals surface area contributed by atoms with Crippen molar-refractivity contribution in [2.75, 3.05) is 19.0 Å². The molecule has 0 aliphatic rings. The van der Waals surface area contributed by atoms with E-state index >= 15 is 0 Å². The number of anilines is 1. The van der Waals surface area contributed by atoms with E-state index in [1.54, 1.807) is 0 Å². The Morgan fingerprint density at radius 2 is 1.58 bits per heavy atom. The van der Waals surface area contributed by atoms with E-state index in [4.69, 9.17) is 0 Å². The fraction of sp³-hybridized carbons (Fsp3) is 0.235. The summed E-state index contributed by atoms with van der Waals surface area (Å²) in [5.74, 6) is 0.0859. The molecule has 19 heavy (non-hydrogen) atoms. The van der Waals surface area contributed by atoms with Gasteiger partial charge < -0.3 is 4.90 Å². The maximum Gasteiger partial charge on any atom is 0.193 e. The first-order valence-corrected chi connectivity index (χ1v) is 6.38. The molecule has 0 aliphatic heterocycles. The summed E-state index contributed by atoms with van der Waals surface area (Å²) in [5.41, 5.74) is 4.80. The third kappa shape index (κ3) is 2.84. The van der Waals surface area contributed by atoms with Crippen molar-refractivity contribution in [2.45, 2.75) is 13.8 Å². The zero-order valence-corrected chi connectivity index (χ0v) is 11.9. The van der Waals surface area contributed by atoms with Gasteiger partial charge in [0.2, 0.25) is 0 Å². The van der Waals surface area contributed by atoms with Crippen LogP contribution in [0.25, 0.3) is 0 Å². The lowest BCUT2D eigenvalue weighted by Gasteiger charge is -2.14. The number of carbonyl (C=O) groups is 1. The van der Waals surface area contributed by atoms with Gasteiger partial charge in [-0.2, -0.15) is 0 Å². The van der Waals surface area contributed by atoms with Gasteiger partial charge in [0.1, 0.15) is 0 Å². The van der Waals surface area contributed by atoms with Crippen molar-refractivity contribution in [1.82, 2.24) is 0 Å². The number of nitrogens with zero attached hydrogens (tertiary/aromatic N) is 1. The molecular weight excluding hydrogens is 234 g/mol. The van der Waals surface area contributed by atoms with E-state index in [0.29, 0.717) is 0 Å². The van der Waals surface area contributed by atoms with E-state index in [1.807, 2.05) is 75.3 Å². The predicted molar refractivity (Wildman–Crippen MR) is 80.1 cm³/mol. The SMILES string of the molecule is Cc1ccc(C(=O)c2ccc(N(C)C)cc2C)cc1. The molecule has 98 valence electrons. The minimum Gasteiger partial charge on any atom is -0.378 e. The minimum atomic E-state index is 0.0859. The van der Waals surface area contributed by atoms with Crippen LogP contribution in [-0.2, 0) is 0 Å². The van der Waals surface area contributed by atoms with Crippen LogP contribution in [0.2, 0.25) is 0 Å². The summed E-state index contributed by atoms with van der Waals surface area (Å²) < 4.78 is 0. The van der Waals surface area contributed by atoms with Gasteiger partial charge in [-0.15, -0.1) is 0 Å². The van der Waals surface area contributed by atoms with Gasteiger partial charge in [-0.3, -0.25) is 4.79 Å². The first kappa shape index (κ1) is 13.3. The topological polar surface area (TPSA) is 20.3 Å². The number of benzene rings is 2. The van der Waals surface area contributed by atoms with Crippen molar-refractivity contribution in [3.05, 3.63) is 64.7 Å². The van der Waals surface area contributed by atoms with Crippen LogP contribution >= 0.6 is 0 Å². The average molecular weight is 253 g/mol. The molecule has 0 amide bonds. The molecule has 2 aromatic carbocycles. The number of carbonyl (C=O) groups excluding carboxylic acids is 1. The van der Waals surface area contributed by atoms with Crippen LogP contribution in [0.5, 0.6) is 0 Å². The predicted octanol–water partition coefficient (Wildman–Crippen LogP) is 3.60. The van der Waals surface area contributed by atoms with E-state index in [1.165, 1.54) is 0 Å². The molecule has 0 fully saturated rings. The number of ketones is 1. The summed E-state index contributed by atoms with van der Waals surface area (Å²) in [6, 6.07) is 13.6. The Hall–Kier alpha value is -2.09. The van der Waals surface area contributed by atoms with E-state index in [2.05, 4.69) is 0 Å². The number of aryl methyl sites for hydroxylation is 2. The van der Waals surface area contributed by atoms with Crippen molar-refractivity contribution >= 4 is 11.5 Å². The lowest BCUT2D eigenvalue weighted by atomic mass is 9.98. The highest BCUT2D eigenvalue weighted by Crippen LogP contribution is 2.20. The molecular formula is C17H19NO. The Morgan fingerprint density at radius 1 is 0.947 bits per heavy atom. The second-order valence-electron chi connectivity index (χ2n) is 5.09. The Labute approximate surface area is 114 Å². The Bertz CT molecular complexity index is 597. The highest BCUT2D eigenvalue weighted by Gasteiger charge is 2.12. The van der Waals surface area contributed by atoms with Gasteiger partial charge in [0.05, 0.1) is 0 Å². The molecule has 0 saturated heterocycles. The number of rotatable bonds is 3. The van der Waals surface area contributed by atoms with Gasteiger partial charge >= 0.3 is 0 Å². The maximum atomic E-state index is 12.4. The summed E-state index contributed by atoms with van der Waals surface area (Å²) in [5, 5.41) is 0. The summed E-state index contributed by atoms with van der Waals surface area (Å²) in [7, 11) is 3.99. The molecule has 0 heterocycles. The largest absolute Gasteiger partial charge is 0.378 e. The van der Waals surface area contributed by atoms with Gasteiger partial charge in [-0.05, 0) is 37.6 Å². The quantitative estimate of drug-likeness (QED) is 0.779. The van der Waals surface area contributed by atoms with E-state index in [-0.39, 0.29) is 5.78 Å². The Morgan fingerprint density at radius 3 is 2.11 bits per heavy atom.